The summed E-state index contributed by atoms with van der Waals surface area (Å²) in [5.41, 5.74) is 1.23. The van der Waals surface area contributed by atoms with Crippen LogP contribution in [0.15, 0.2) is 11.6 Å². The number of carboxylic acid groups (broad SMARTS) is 1. The van der Waals surface area contributed by atoms with Crippen LogP contribution in [0.5, 0.6) is 0 Å². The molecule has 0 amide bonds. The predicted molar refractivity (Wildman–Crippen MR) is 57.6 cm³/mol. The van der Waals surface area contributed by atoms with Crippen molar-refractivity contribution in [3.63, 3.8) is 0 Å². The van der Waals surface area contributed by atoms with Gasteiger partial charge in [0.2, 0.25) is 0 Å². The normalized spacial score (nSPS) is 41.2. The molecule has 4 fully saturated rings. The highest BCUT2D eigenvalue weighted by Gasteiger charge is 2.44. The fraction of sp³-hybridized carbons (Fsp3) is 0.727. The quantitative estimate of drug-likeness (QED) is 0.502. The highest BCUT2D eigenvalue weighted by atomic mass is 16.4. The van der Waals surface area contributed by atoms with E-state index in [0.717, 1.165) is 19.0 Å². The first-order chi connectivity index (χ1) is 6.72. The molecular weight excluding hydrogens is 189 g/mol. The van der Waals surface area contributed by atoms with Gasteiger partial charge in [-0.3, -0.25) is 0 Å². The van der Waals surface area contributed by atoms with Crippen LogP contribution < -0.4 is 0 Å². The summed E-state index contributed by atoms with van der Waals surface area (Å²) < 4.78 is 0. The Morgan fingerprint density at radius 3 is 2.33 bits per heavy atom. The first-order valence-corrected chi connectivity index (χ1v) is 5.39. The van der Waals surface area contributed by atoms with Gasteiger partial charge in [-0.15, -0.1) is 0 Å². The van der Waals surface area contributed by atoms with Crippen molar-refractivity contribution in [1.29, 1.82) is 0 Å². The molecule has 1 saturated carbocycles. The lowest BCUT2D eigenvalue weighted by Crippen LogP contribution is -2.54. The third kappa shape index (κ3) is 1.71. The molecule has 1 aliphatic carbocycles. The number of rotatable bonds is 1. The van der Waals surface area contributed by atoms with Crippen molar-refractivity contribution < 1.29 is 9.90 Å². The van der Waals surface area contributed by atoms with Crippen LogP contribution in [-0.2, 0) is 4.79 Å². The maximum atomic E-state index is 10.7. The Labute approximate surface area is 91.7 Å². The zero-order chi connectivity index (χ0) is 9.71. The lowest BCUT2D eigenvalue weighted by atomic mass is 9.65. The molecule has 3 heterocycles. The van der Waals surface area contributed by atoms with Crippen molar-refractivity contribution >= 4 is 14.4 Å². The molecule has 0 aromatic rings. The molecule has 4 heteroatoms. The summed E-state index contributed by atoms with van der Waals surface area (Å²) >= 11 is 0. The topological polar surface area (TPSA) is 40.5 Å². The van der Waals surface area contributed by atoms with Gasteiger partial charge in [0.15, 0.2) is 0 Å². The summed E-state index contributed by atoms with van der Waals surface area (Å²) in [7, 11) is 0. The second kappa shape index (κ2) is 3.67. The number of hydrogen-bond donors (Lipinski definition) is 1. The standard InChI is InChI=1S/C11H15NO2.B/c13-11(14)3-10-8-1-7-2-9(10)6-12(4-7)5-8;/h3,7-9H,1-2,4-6H2,(H,13,14);. The third-order valence-electron chi connectivity index (χ3n) is 3.94. The molecule has 4 aliphatic rings. The summed E-state index contributed by atoms with van der Waals surface area (Å²) in [5.74, 6) is 1.19. The smallest absolute Gasteiger partial charge is 0.328 e. The number of nitrogens with zero attached hydrogens (tertiary/aromatic N) is 1. The van der Waals surface area contributed by atoms with Gasteiger partial charge < -0.3 is 10.0 Å². The Morgan fingerprint density at radius 1 is 1.27 bits per heavy atom. The zero-order valence-corrected chi connectivity index (χ0v) is 8.72. The minimum absolute atomic E-state index is 0. The lowest BCUT2D eigenvalue weighted by Gasteiger charge is -2.53. The second-order valence-corrected chi connectivity index (χ2v) is 4.93. The van der Waals surface area contributed by atoms with Crippen LogP contribution in [0.2, 0.25) is 0 Å². The molecular formula is C11H15BNO2. The molecule has 2 atom stereocenters. The van der Waals surface area contributed by atoms with E-state index in [9.17, 15) is 4.79 Å². The Bertz CT molecular complexity index is 284. The van der Waals surface area contributed by atoms with Gasteiger partial charge in [0.1, 0.15) is 0 Å². The van der Waals surface area contributed by atoms with Gasteiger partial charge in [0.25, 0.3) is 0 Å². The first-order valence-electron chi connectivity index (χ1n) is 5.39. The largest absolute Gasteiger partial charge is 0.478 e. The van der Waals surface area contributed by atoms with Crippen LogP contribution in [0.3, 0.4) is 0 Å². The third-order valence-corrected chi connectivity index (χ3v) is 3.94. The monoisotopic (exact) mass is 204 g/mol. The fourth-order valence-corrected chi connectivity index (χ4v) is 3.61. The van der Waals surface area contributed by atoms with E-state index < -0.39 is 5.97 Å². The number of carboxylic acids is 1. The van der Waals surface area contributed by atoms with Crippen LogP contribution in [0.4, 0.5) is 0 Å². The summed E-state index contributed by atoms with van der Waals surface area (Å²) in [4.78, 5) is 13.2. The van der Waals surface area contributed by atoms with E-state index in [1.54, 1.807) is 0 Å². The molecule has 1 N–H and O–H groups in total. The van der Waals surface area contributed by atoms with Crippen LogP contribution in [0.25, 0.3) is 0 Å². The molecule has 0 aromatic carbocycles. The van der Waals surface area contributed by atoms with Gasteiger partial charge >= 0.3 is 5.97 Å². The summed E-state index contributed by atoms with van der Waals surface area (Å²) in [6, 6.07) is 0. The molecule has 0 aromatic heterocycles. The summed E-state index contributed by atoms with van der Waals surface area (Å²) in [6.07, 6.45) is 3.94. The van der Waals surface area contributed by atoms with Crippen molar-refractivity contribution in [3.05, 3.63) is 11.6 Å². The molecule has 4 rings (SSSR count). The van der Waals surface area contributed by atoms with Gasteiger partial charge in [-0.05, 0) is 30.6 Å². The van der Waals surface area contributed by atoms with Crippen LogP contribution in [0.1, 0.15) is 12.8 Å². The van der Waals surface area contributed by atoms with E-state index in [1.807, 2.05) is 0 Å². The van der Waals surface area contributed by atoms with Crippen LogP contribution in [-0.4, -0.2) is 44.0 Å². The Kier molecular flexibility index (Phi) is 2.63. The molecule has 2 unspecified atom stereocenters. The maximum Gasteiger partial charge on any atom is 0.328 e. The van der Waals surface area contributed by atoms with Crippen LogP contribution >= 0.6 is 0 Å². The highest BCUT2D eigenvalue weighted by Crippen LogP contribution is 2.46. The fourth-order valence-electron chi connectivity index (χ4n) is 3.61. The molecule has 0 spiro atoms. The molecule has 3 radical (unpaired) electrons. The van der Waals surface area contributed by atoms with E-state index in [-0.39, 0.29) is 8.41 Å². The summed E-state index contributed by atoms with van der Waals surface area (Å²) in [5, 5.41) is 8.81. The summed E-state index contributed by atoms with van der Waals surface area (Å²) in [6.45, 7) is 3.46. The molecule has 3 saturated heterocycles. The number of piperidine rings is 3. The van der Waals surface area contributed by atoms with Gasteiger partial charge in [-0.1, -0.05) is 5.57 Å². The minimum atomic E-state index is -0.762. The average molecular weight is 204 g/mol. The van der Waals surface area contributed by atoms with E-state index >= 15 is 0 Å². The Balaban J connectivity index is 0.000000853. The molecule has 79 valence electrons. The average Bonchev–Trinajstić information content (AvgIpc) is 2.09. The zero-order valence-electron chi connectivity index (χ0n) is 8.72. The first kappa shape index (κ1) is 10.7. The van der Waals surface area contributed by atoms with Gasteiger partial charge in [0, 0.05) is 34.1 Å². The van der Waals surface area contributed by atoms with Crippen LogP contribution in [0, 0.1) is 17.8 Å². The van der Waals surface area contributed by atoms with E-state index in [4.69, 9.17) is 5.11 Å². The van der Waals surface area contributed by atoms with Crippen molar-refractivity contribution in [2.45, 2.75) is 12.8 Å². The SMILES string of the molecule is O=C(O)C=C1C2CC3CC1CN(C3)C2.[B]. The van der Waals surface area contributed by atoms with Crippen molar-refractivity contribution in [3.8, 4) is 0 Å². The van der Waals surface area contributed by atoms with E-state index in [1.165, 1.54) is 31.0 Å². The molecule has 4 bridgehead atoms. The maximum absolute atomic E-state index is 10.7. The molecule has 3 nitrogen and oxygen atoms in total. The van der Waals surface area contributed by atoms with Gasteiger partial charge in [-0.2, -0.15) is 0 Å². The predicted octanol–water partition coefficient (Wildman–Crippen LogP) is 0.588. The van der Waals surface area contributed by atoms with Gasteiger partial charge in [0.05, 0.1) is 0 Å². The van der Waals surface area contributed by atoms with Crippen molar-refractivity contribution in [1.82, 2.24) is 4.90 Å². The number of carbonyl (C=O) groups is 1. The van der Waals surface area contributed by atoms with Crippen molar-refractivity contribution in [2.75, 3.05) is 19.6 Å². The Hall–Kier alpha value is -0.765. The minimum Gasteiger partial charge on any atom is -0.478 e. The second-order valence-electron chi connectivity index (χ2n) is 4.93. The van der Waals surface area contributed by atoms with E-state index in [0.29, 0.717) is 11.8 Å². The van der Waals surface area contributed by atoms with Crippen molar-refractivity contribution in [2.24, 2.45) is 17.8 Å². The Morgan fingerprint density at radius 2 is 1.87 bits per heavy atom. The molecule has 15 heavy (non-hydrogen) atoms. The number of hydrogen-bond acceptors (Lipinski definition) is 2. The highest BCUT2D eigenvalue weighted by molar-refractivity contribution is 5.81. The van der Waals surface area contributed by atoms with E-state index in [2.05, 4.69) is 4.90 Å². The lowest BCUT2D eigenvalue weighted by molar-refractivity contribution is -0.131. The van der Waals surface area contributed by atoms with Gasteiger partial charge in [-0.25, -0.2) is 4.79 Å². The molecule has 3 aliphatic heterocycles. The number of aliphatic carboxylic acids is 1.